The average Bonchev–Trinajstić information content (AvgIpc) is 3.30. The van der Waals surface area contributed by atoms with Crippen molar-refractivity contribution >= 4 is 57.8 Å². The van der Waals surface area contributed by atoms with Crippen LogP contribution in [-0.4, -0.2) is 16.8 Å². The van der Waals surface area contributed by atoms with Gasteiger partial charge in [-0.1, -0.05) is 23.7 Å². The van der Waals surface area contributed by atoms with Crippen LogP contribution in [0.3, 0.4) is 0 Å². The maximum atomic E-state index is 12.2. The Morgan fingerprint density at radius 3 is 2.52 bits per heavy atom. The van der Waals surface area contributed by atoms with Crippen molar-refractivity contribution in [2.45, 2.75) is 0 Å². The van der Waals surface area contributed by atoms with Gasteiger partial charge in [-0.05, 0) is 59.0 Å². The molecular weight excluding hydrogens is 511 g/mol. The minimum atomic E-state index is -0.676. The highest BCUT2D eigenvalue weighted by atomic mass is 127. The van der Waals surface area contributed by atoms with Gasteiger partial charge in [-0.3, -0.25) is 10.1 Å². The standard InChI is InChI=1S/C20H10ClIN2O5/c21-15-7-3-12(9-17(15)24(26)27)19-23-16(20(25)29-19)10-14-6-8-18(28-14)11-1-4-13(22)5-2-11/h1-10H/b16-10+. The molecule has 3 aromatic rings. The number of furan rings is 1. The minimum absolute atomic E-state index is 0.0156. The van der Waals surface area contributed by atoms with Gasteiger partial charge in [-0.25, -0.2) is 9.79 Å². The molecule has 0 N–H and O–H groups in total. The number of hydrogen-bond donors (Lipinski definition) is 0. The normalized spacial score (nSPS) is 14.8. The highest BCUT2D eigenvalue weighted by Crippen LogP contribution is 2.28. The first-order valence-corrected chi connectivity index (χ1v) is 9.69. The second kappa shape index (κ2) is 7.80. The van der Waals surface area contributed by atoms with Crippen molar-refractivity contribution in [3.05, 3.63) is 90.3 Å². The third kappa shape index (κ3) is 4.08. The van der Waals surface area contributed by atoms with Gasteiger partial charge >= 0.3 is 5.97 Å². The van der Waals surface area contributed by atoms with Gasteiger partial charge in [0.25, 0.3) is 5.69 Å². The molecule has 9 heteroatoms. The van der Waals surface area contributed by atoms with Crippen molar-refractivity contribution in [3.8, 4) is 11.3 Å². The van der Waals surface area contributed by atoms with Crippen molar-refractivity contribution in [1.29, 1.82) is 0 Å². The number of carbonyl (C=O) groups is 1. The first-order valence-electron chi connectivity index (χ1n) is 8.23. The smallest absolute Gasteiger partial charge is 0.363 e. The summed E-state index contributed by atoms with van der Waals surface area (Å²) in [5, 5.41) is 11.0. The topological polar surface area (TPSA) is 94.9 Å². The first-order chi connectivity index (χ1) is 13.9. The number of nitrogens with zero attached hydrogens (tertiary/aromatic N) is 2. The molecule has 0 atom stereocenters. The van der Waals surface area contributed by atoms with Crippen molar-refractivity contribution in [2.75, 3.05) is 0 Å². The van der Waals surface area contributed by atoms with Crippen LogP contribution in [0.15, 0.2) is 69.7 Å². The number of halogens is 2. The Bertz CT molecular complexity index is 1200. The lowest BCUT2D eigenvalue weighted by atomic mass is 10.2. The number of hydrogen-bond acceptors (Lipinski definition) is 6. The third-order valence-electron chi connectivity index (χ3n) is 4.04. The van der Waals surface area contributed by atoms with Gasteiger partial charge in [-0.2, -0.15) is 0 Å². The Balaban J connectivity index is 1.63. The van der Waals surface area contributed by atoms with Crippen LogP contribution < -0.4 is 0 Å². The van der Waals surface area contributed by atoms with Gasteiger partial charge in [0.1, 0.15) is 16.5 Å². The zero-order valence-corrected chi connectivity index (χ0v) is 17.4. The summed E-state index contributed by atoms with van der Waals surface area (Å²) in [6.07, 6.45) is 1.45. The van der Waals surface area contributed by atoms with E-state index in [2.05, 4.69) is 27.6 Å². The van der Waals surface area contributed by atoms with Gasteiger partial charge in [-0.15, -0.1) is 0 Å². The highest BCUT2D eigenvalue weighted by molar-refractivity contribution is 14.1. The molecule has 2 aromatic carbocycles. The predicted molar refractivity (Wildman–Crippen MR) is 116 cm³/mol. The molecule has 29 heavy (non-hydrogen) atoms. The molecule has 7 nitrogen and oxygen atoms in total. The summed E-state index contributed by atoms with van der Waals surface area (Å²) in [5.74, 6) is 0.366. The zero-order valence-electron chi connectivity index (χ0n) is 14.5. The van der Waals surface area contributed by atoms with Crippen LogP contribution in [0.25, 0.3) is 17.4 Å². The van der Waals surface area contributed by atoms with Crippen LogP contribution in [-0.2, 0) is 9.53 Å². The number of esters is 1. The summed E-state index contributed by atoms with van der Waals surface area (Å²) in [7, 11) is 0. The van der Waals surface area contributed by atoms with Crippen LogP contribution in [0, 0.1) is 13.7 Å². The first kappa shape index (κ1) is 19.3. The summed E-state index contributed by atoms with van der Waals surface area (Å²) in [6.45, 7) is 0. The highest BCUT2D eigenvalue weighted by Gasteiger charge is 2.26. The van der Waals surface area contributed by atoms with E-state index in [9.17, 15) is 14.9 Å². The summed E-state index contributed by atoms with van der Waals surface area (Å²) >= 11 is 8.03. The second-order valence-corrected chi connectivity index (χ2v) is 7.62. The lowest BCUT2D eigenvalue weighted by molar-refractivity contribution is -0.384. The van der Waals surface area contributed by atoms with Crippen LogP contribution in [0.2, 0.25) is 5.02 Å². The van der Waals surface area contributed by atoms with Crippen LogP contribution >= 0.6 is 34.2 Å². The molecule has 0 saturated heterocycles. The molecule has 0 aliphatic carbocycles. The van der Waals surface area contributed by atoms with Gasteiger partial charge < -0.3 is 9.15 Å². The van der Waals surface area contributed by atoms with Crippen LogP contribution in [0.1, 0.15) is 11.3 Å². The molecule has 0 unspecified atom stereocenters. The average molecular weight is 521 g/mol. The van der Waals surface area contributed by atoms with Gasteiger partial charge in [0, 0.05) is 26.8 Å². The molecule has 0 amide bonds. The molecule has 0 fully saturated rings. The quantitative estimate of drug-likeness (QED) is 0.150. The number of carbonyl (C=O) groups excluding carboxylic acids is 1. The van der Waals surface area contributed by atoms with E-state index in [-0.39, 0.29) is 27.9 Å². The number of nitro benzene ring substituents is 1. The largest absolute Gasteiger partial charge is 0.457 e. The van der Waals surface area contributed by atoms with E-state index >= 15 is 0 Å². The fraction of sp³-hybridized carbons (Fsp3) is 0. The minimum Gasteiger partial charge on any atom is -0.457 e. The number of nitro groups is 1. The van der Waals surface area contributed by atoms with E-state index in [1.165, 1.54) is 24.3 Å². The van der Waals surface area contributed by atoms with E-state index in [1.54, 1.807) is 12.1 Å². The van der Waals surface area contributed by atoms with Gasteiger partial charge in [0.15, 0.2) is 5.70 Å². The maximum Gasteiger partial charge on any atom is 0.363 e. The molecule has 2 heterocycles. The summed E-state index contributed by atoms with van der Waals surface area (Å²) in [5.41, 5.74) is 0.910. The summed E-state index contributed by atoms with van der Waals surface area (Å²) < 4.78 is 12.0. The van der Waals surface area contributed by atoms with Gasteiger partial charge in [0.2, 0.25) is 5.90 Å². The number of ether oxygens (including phenoxy) is 1. The number of aliphatic imine (C=N–C) groups is 1. The number of rotatable bonds is 4. The molecule has 1 aliphatic rings. The molecule has 0 radical (unpaired) electrons. The lowest BCUT2D eigenvalue weighted by Gasteiger charge is -2.00. The molecule has 0 spiro atoms. The van der Waals surface area contributed by atoms with E-state index in [0.29, 0.717) is 11.5 Å². The molecule has 144 valence electrons. The van der Waals surface area contributed by atoms with E-state index in [1.807, 2.05) is 24.3 Å². The van der Waals surface area contributed by atoms with Crippen molar-refractivity contribution in [2.24, 2.45) is 4.99 Å². The fourth-order valence-electron chi connectivity index (χ4n) is 2.65. The third-order valence-corrected chi connectivity index (χ3v) is 5.08. The predicted octanol–water partition coefficient (Wildman–Crippen LogP) is 5.46. The van der Waals surface area contributed by atoms with Crippen molar-refractivity contribution in [1.82, 2.24) is 0 Å². The van der Waals surface area contributed by atoms with E-state index in [0.717, 1.165) is 9.13 Å². The number of cyclic esters (lactones) is 1. The second-order valence-electron chi connectivity index (χ2n) is 5.97. The van der Waals surface area contributed by atoms with Crippen LogP contribution in [0.5, 0.6) is 0 Å². The summed E-state index contributed by atoms with van der Waals surface area (Å²) in [6, 6.07) is 15.4. The maximum absolute atomic E-state index is 12.2. The molecule has 1 aromatic heterocycles. The monoisotopic (exact) mass is 520 g/mol. The summed E-state index contributed by atoms with van der Waals surface area (Å²) in [4.78, 5) is 26.7. The zero-order chi connectivity index (χ0) is 20.5. The SMILES string of the molecule is O=C1OC(c2ccc(Cl)c([N+](=O)[O-])c2)=N/C1=C/c1ccc(-c2ccc(I)cc2)o1. The Hall–Kier alpha value is -2.98. The molecule has 1 aliphatic heterocycles. The van der Waals surface area contributed by atoms with Crippen molar-refractivity contribution < 1.29 is 18.9 Å². The Morgan fingerprint density at radius 2 is 1.79 bits per heavy atom. The van der Waals surface area contributed by atoms with Gasteiger partial charge in [0.05, 0.1) is 4.92 Å². The molecule has 0 bridgehead atoms. The Morgan fingerprint density at radius 1 is 1.07 bits per heavy atom. The van der Waals surface area contributed by atoms with Crippen molar-refractivity contribution in [3.63, 3.8) is 0 Å². The van der Waals surface area contributed by atoms with E-state index in [4.69, 9.17) is 20.8 Å². The molecule has 4 rings (SSSR count). The fourth-order valence-corrected chi connectivity index (χ4v) is 3.20. The number of benzene rings is 2. The molecular formula is C20H10ClIN2O5. The Kier molecular flexibility index (Phi) is 5.20. The van der Waals surface area contributed by atoms with Crippen LogP contribution in [0.4, 0.5) is 5.69 Å². The lowest BCUT2D eigenvalue weighted by Crippen LogP contribution is -2.06. The Labute approximate surface area is 182 Å². The van der Waals surface area contributed by atoms with E-state index < -0.39 is 10.9 Å². The molecule has 0 saturated carbocycles.